The third-order valence-electron chi connectivity index (χ3n) is 0. The van der Waals surface area contributed by atoms with Gasteiger partial charge in [0.1, 0.15) is 0 Å². The van der Waals surface area contributed by atoms with Crippen LogP contribution in [-0.4, -0.2) is 46.1 Å². The van der Waals surface area contributed by atoms with Gasteiger partial charge in [0, 0.05) is 19.5 Å². The van der Waals surface area contributed by atoms with Crippen LogP contribution in [0.15, 0.2) is 0 Å². The molecule has 0 aliphatic rings. The molecular weight excluding hydrogens is 195 g/mol. The van der Waals surface area contributed by atoms with Gasteiger partial charge in [0.25, 0.3) is 0 Å². The molecule has 0 amide bonds. The maximum absolute atomic E-state index is 8.88. The Balaban J connectivity index is -0.0000000267. The molecule has 0 aliphatic heterocycles. The summed E-state index contributed by atoms with van der Waals surface area (Å²) in [7, 11) is -4.64. The largest absolute Gasteiger partial charge is 0.466 e. The molecule has 8 heteroatoms. The van der Waals surface area contributed by atoms with E-state index in [0.717, 1.165) is 0 Å². The monoisotopic (exact) mass is 202 g/mol. The molecule has 0 fully saturated rings. The fourth-order valence-corrected chi connectivity index (χ4v) is 0. The summed E-state index contributed by atoms with van der Waals surface area (Å²) < 4.78 is 8.88. The molecule has 0 bridgehead atoms. The van der Waals surface area contributed by atoms with E-state index in [4.69, 9.17) is 19.2 Å². The Morgan fingerprint density at radius 3 is 1.12 bits per heavy atom. The summed E-state index contributed by atoms with van der Waals surface area (Å²) in [4.78, 5) is 21.6. The molecule has 0 saturated heterocycles. The van der Waals surface area contributed by atoms with Crippen LogP contribution in [0.25, 0.3) is 0 Å². The van der Waals surface area contributed by atoms with Crippen molar-refractivity contribution >= 4 is 39.3 Å². The fraction of sp³-hybridized carbons (Fsp3) is 0. The zero-order valence-corrected chi connectivity index (χ0v) is 6.77. The summed E-state index contributed by atoms with van der Waals surface area (Å²) in [6, 6.07) is 0. The van der Waals surface area contributed by atoms with E-state index in [1.54, 1.807) is 0 Å². The van der Waals surface area contributed by atoms with E-state index in [1.807, 2.05) is 0 Å². The number of phosphoric acid groups is 1. The van der Waals surface area contributed by atoms with Crippen molar-refractivity contribution in [3.8, 4) is 0 Å². The first-order chi connectivity index (χ1) is 2.00. The third-order valence-corrected chi connectivity index (χ3v) is 0. The summed E-state index contributed by atoms with van der Waals surface area (Å²) in [5.41, 5.74) is 0. The molecule has 0 aromatic rings. The van der Waals surface area contributed by atoms with Crippen LogP contribution in [0.4, 0.5) is 0 Å². The van der Waals surface area contributed by atoms with Crippen LogP contribution in [-0.2, 0) is 24.0 Å². The maximum atomic E-state index is 8.88. The second-order valence-electron chi connectivity index (χ2n) is 0.513. The topological polar surface area (TPSA) is 77.8 Å². The Morgan fingerprint density at radius 2 is 1.12 bits per heavy atom. The second-order valence-corrected chi connectivity index (χ2v) is 1.54. The Bertz CT molecular complexity index is 62.2. The number of rotatable bonds is 0. The van der Waals surface area contributed by atoms with Crippen molar-refractivity contribution in [2.45, 2.75) is 0 Å². The quantitative estimate of drug-likeness (QED) is 0.289. The van der Waals surface area contributed by atoms with E-state index in [1.165, 1.54) is 0 Å². The van der Waals surface area contributed by atoms with Crippen LogP contribution in [0.5, 0.6) is 0 Å². The maximum Gasteiger partial charge on any atom is 0.466 e. The molecule has 0 radical (unpaired) electrons. The van der Waals surface area contributed by atoms with Crippen molar-refractivity contribution in [2.75, 3.05) is 0 Å². The van der Waals surface area contributed by atoms with Crippen molar-refractivity contribution in [2.24, 2.45) is 0 Å². The van der Waals surface area contributed by atoms with Gasteiger partial charge in [0.2, 0.25) is 0 Å². The Morgan fingerprint density at radius 1 is 1.12 bits per heavy atom. The van der Waals surface area contributed by atoms with Crippen molar-refractivity contribution < 1.29 is 38.7 Å². The molecule has 8 heavy (non-hydrogen) atoms. The predicted molar refractivity (Wildman–Crippen MR) is 32.7 cm³/mol. The molecule has 3 N–H and O–H groups in total. The van der Waals surface area contributed by atoms with Crippen LogP contribution in [0, 0.1) is 0 Å². The molecular formula is H8BMgO4PZn. The van der Waals surface area contributed by atoms with Gasteiger partial charge in [-0.15, -0.1) is 0 Å². The van der Waals surface area contributed by atoms with Gasteiger partial charge < -0.3 is 14.7 Å². The zero-order valence-electron chi connectivity index (χ0n) is 2.90. The summed E-state index contributed by atoms with van der Waals surface area (Å²) in [6.07, 6.45) is 0. The van der Waals surface area contributed by atoms with E-state index in [-0.39, 0.29) is 50.9 Å². The molecule has 0 rings (SSSR count). The van der Waals surface area contributed by atoms with Gasteiger partial charge in [-0.1, -0.05) is 0 Å². The molecule has 0 saturated carbocycles. The molecule has 0 unspecified atom stereocenters. The van der Waals surface area contributed by atoms with E-state index in [9.17, 15) is 0 Å². The number of hydrogen-bond donors (Lipinski definition) is 3. The Labute approximate surface area is 77.8 Å². The van der Waals surface area contributed by atoms with E-state index < -0.39 is 7.82 Å². The van der Waals surface area contributed by atoms with Crippen molar-refractivity contribution in [3.05, 3.63) is 0 Å². The normalized spacial score (nSPS) is 7.38. The van der Waals surface area contributed by atoms with E-state index in [0.29, 0.717) is 0 Å². The standard InChI is InChI=1S/BH3.Mg.H3O4P.Zn.2H/c;;1-5(2,3)4;;;/h1H3;;(H3,1,2,3,4);;;. The predicted octanol–water partition coefficient (Wildman–Crippen LogP) is -3.03. The average molecular weight is 204 g/mol. The molecule has 0 spiro atoms. The smallest absolute Gasteiger partial charge is 0.303 e. The zero-order chi connectivity index (χ0) is 4.50. The minimum absolute atomic E-state index is 0. The molecule has 0 aromatic carbocycles. The molecule has 4 nitrogen and oxygen atoms in total. The fourth-order valence-electron chi connectivity index (χ4n) is 0. The first-order valence-corrected chi connectivity index (χ1v) is 2.35. The summed E-state index contributed by atoms with van der Waals surface area (Å²) >= 11 is 0. The van der Waals surface area contributed by atoms with Gasteiger partial charge in [0.15, 0.2) is 0 Å². The van der Waals surface area contributed by atoms with Crippen LogP contribution in [0.3, 0.4) is 0 Å². The first kappa shape index (κ1) is 22.7. The van der Waals surface area contributed by atoms with Crippen LogP contribution >= 0.6 is 7.82 Å². The SMILES string of the molecule is B.O=P(O)(O)O.[MgH2].[Zn]. The molecule has 44 valence electrons. The molecule has 0 aromatic heterocycles. The van der Waals surface area contributed by atoms with Crippen molar-refractivity contribution in [1.29, 1.82) is 0 Å². The van der Waals surface area contributed by atoms with Gasteiger partial charge in [-0.25, -0.2) is 4.57 Å². The summed E-state index contributed by atoms with van der Waals surface area (Å²) in [5.74, 6) is 0. The van der Waals surface area contributed by atoms with E-state index >= 15 is 0 Å². The molecule has 0 heterocycles. The van der Waals surface area contributed by atoms with Crippen molar-refractivity contribution in [3.63, 3.8) is 0 Å². The Hall–Kier alpha value is 1.56. The van der Waals surface area contributed by atoms with Gasteiger partial charge in [-0.2, -0.15) is 0 Å². The Kier molecular flexibility index (Phi) is 24.3. The third kappa shape index (κ3) is 133. The first-order valence-electron chi connectivity index (χ1n) is 0.783. The molecule has 0 atom stereocenters. The average Bonchev–Trinajstić information content (AvgIpc) is 0.722. The summed E-state index contributed by atoms with van der Waals surface area (Å²) in [5, 5.41) is 0. The van der Waals surface area contributed by atoms with Gasteiger partial charge in [-0.05, 0) is 0 Å². The number of hydrogen-bond acceptors (Lipinski definition) is 1. The minimum atomic E-state index is -4.64. The second kappa shape index (κ2) is 8.56. The molecule has 0 aliphatic carbocycles. The van der Waals surface area contributed by atoms with Crippen LogP contribution < -0.4 is 0 Å². The summed E-state index contributed by atoms with van der Waals surface area (Å²) in [6.45, 7) is 0. The van der Waals surface area contributed by atoms with Gasteiger partial charge in [0.05, 0.1) is 8.41 Å². The minimum Gasteiger partial charge on any atom is -0.303 e. The van der Waals surface area contributed by atoms with Gasteiger partial charge >= 0.3 is 30.9 Å². The van der Waals surface area contributed by atoms with E-state index in [2.05, 4.69) is 0 Å². The van der Waals surface area contributed by atoms with Crippen LogP contribution in [0.1, 0.15) is 0 Å². The van der Waals surface area contributed by atoms with Gasteiger partial charge in [-0.3, -0.25) is 0 Å². The van der Waals surface area contributed by atoms with Crippen molar-refractivity contribution in [1.82, 2.24) is 0 Å². The van der Waals surface area contributed by atoms with Crippen LogP contribution in [0.2, 0.25) is 0 Å².